The molecule has 2 amide bonds. The highest BCUT2D eigenvalue weighted by molar-refractivity contribution is 8.18. The molecule has 1 aromatic carbocycles. The third-order valence-electron chi connectivity index (χ3n) is 2.67. The highest BCUT2D eigenvalue weighted by atomic mass is 32.2. The topological polar surface area (TPSA) is 74.2 Å². The van der Waals surface area contributed by atoms with Crippen LogP contribution in [0.3, 0.4) is 0 Å². The second kappa shape index (κ2) is 5.90. The molecule has 0 bridgehead atoms. The van der Waals surface area contributed by atoms with E-state index in [2.05, 4.69) is 5.73 Å². The summed E-state index contributed by atoms with van der Waals surface area (Å²) in [5.41, 5.74) is 4.52. The van der Waals surface area contributed by atoms with Crippen molar-refractivity contribution < 1.29 is 20.1 Å². The lowest BCUT2D eigenvalue weighted by atomic mass is 10.2. The van der Waals surface area contributed by atoms with Gasteiger partial charge in [0.25, 0.3) is 11.1 Å². The summed E-state index contributed by atoms with van der Waals surface area (Å²) >= 11 is 0.966. The van der Waals surface area contributed by atoms with Crippen molar-refractivity contribution in [2.45, 2.75) is 0 Å². The van der Waals surface area contributed by atoms with Gasteiger partial charge in [-0.3, -0.25) is 14.5 Å². The average molecular weight is 279 g/mol. The van der Waals surface area contributed by atoms with Gasteiger partial charge in [0.1, 0.15) is 5.75 Å². The van der Waals surface area contributed by atoms with Gasteiger partial charge < -0.3 is 10.5 Å². The van der Waals surface area contributed by atoms with Gasteiger partial charge >= 0.3 is 0 Å². The maximum absolute atomic E-state index is 12.0. The molecule has 0 aromatic heterocycles. The third kappa shape index (κ3) is 2.97. The molecule has 0 aliphatic carbocycles. The van der Waals surface area contributed by atoms with Gasteiger partial charge in [0.2, 0.25) is 0 Å². The Labute approximate surface area is 115 Å². The minimum Gasteiger partial charge on any atom is -0.497 e. The summed E-state index contributed by atoms with van der Waals surface area (Å²) in [6, 6.07) is 7.31. The predicted octanol–water partition coefficient (Wildman–Crippen LogP) is 0.973. The quantitative estimate of drug-likeness (QED) is 0.834. The van der Waals surface area contributed by atoms with Gasteiger partial charge in [-0.1, -0.05) is 12.1 Å². The lowest BCUT2D eigenvalue weighted by molar-refractivity contribution is -0.367. The molecule has 19 heavy (non-hydrogen) atoms. The lowest BCUT2D eigenvalue weighted by Crippen LogP contribution is -2.55. The van der Waals surface area contributed by atoms with Gasteiger partial charge in [-0.15, -0.1) is 0 Å². The first-order chi connectivity index (χ1) is 9.15. The number of amides is 2. The Morgan fingerprint density at radius 2 is 2.00 bits per heavy atom. The van der Waals surface area contributed by atoms with Gasteiger partial charge in [0.15, 0.2) is 0 Å². The summed E-state index contributed by atoms with van der Waals surface area (Å²) in [7, 11) is 1.60. The summed E-state index contributed by atoms with van der Waals surface area (Å²) in [4.78, 5) is 25.3. The number of hydrogen-bond acceptors (Lipinski definition) is 4. The van der Waals surface area contributed by atoms with Crippen molar-refractivity contribution >= 4 is 29.0 Å². The SMILES string of the molecule is COc1ccc(/C=C2\SC(=O)N(CC[NH3+])C2=O)cc1. The molecular weight excluding hydrogens is 264 g/mol. The highest BCUT2D eigenvalue weighted by Crippen LogP contribution is 2.31. The average Bonchev–Trinajstić information content (AvgIpc) is 2.68. The van der Waals surface area contributed by atoms with Crippen LogP contribution in [0.25, 0.3) is 6.08 Å². The van der Waals surface area contributed by atoms with E-state index in [4.69, 9.17) is 4.74 Å². The molecule has 0 spiro atoms. The van der Waals surface area contributed by atoms with E-state index in [-0.39, 0.29) is 11.1 Å². The zero-order chi connectivity index (χ0) is 13.8. The molecule has 2 rings (SSSR count). The van der Waals surface area contributed by atoms with Crippen LogP contribution in [0, 0.1) is 0 Å². The monoisotopic (exact) mass is 279 g/mol. The minimum absolute atomic E-state index is 0.228. The van der Waals surface area contributed by atoms with E-state index >= 15 is 0 Å². The fourth-order valence-corrected chi connectivity index (χ4v) is 2.57. The molecule has 1 saturated heterocycles. The second-order valence-electron chi connectivity index (χ2n) is 3.96. The van der Waals surface area contributed by atoms with Gasteiger partial charge in [0.05, 0.1) is 25.1 Å². The van der Waals surface area contributed by atoms with Crippen LogP contribution in [0.4, 0.5) is 4.79 Å². The van der Waals surface area contributed by atoms with Crippen molar-refractivity contribution in [1.82, 2.24) is 4.90 Å². The van der Waals surface area contributed by atoms with Crippen molar-refractivity contribution in [2.75, 3.05) is 20.2 Å². The Kier molecular flexibility index (Phi) is 4.24. The second-order valence-corrected chi connectivity index (χ2v) is 4.95. The Morgan fingerprint density at radius 3 is 2.58 bits per heavy atom. The van der Waals surface area contributed by atoms with Crippen molar-refractivity contribution in [3.8, 4) is 5.75 Å². The summed E-state index contributed by atoms with van der Waals surface area (Å²) in [6.07, 6.45) is 1.72. The summed E-state index contributed by atoms with van der Waals surface area (Å²) in [5, 5.41) is -0.228. The molecule has 0 unspecified atom stereocenters. The molecule has 1 fully saturated rings. The summed E-state index contributed by atoms with van der Waals surface area (Å²) in [6.45, 7) is 0.887. The summed E-state index contributed by atoms with van der Waals surface area (Å²) < 4.78 is 5.06. The zero-order valence-electron chi connectivity index (χ0n) is 10.6. The first kappa shape index (κ1) is 13.6. The van der Waals surface area contributed by atoms with E-state index in [0.29, 0.717) is 18.0 Å². The molecule has 100 valence electrons. The van der Waals surface area contributed by atoms with Crippen molar-refractivity contribution in [3.05, 3.63) is 34.7 Å². The minimum atomic E-state index is -0.241. The van der Waals surface area contributed by atoms with Crippen LogP contribution >= 0.6 is 11.8 Å². The Bertz CT molecular complexity index is 525. The van der Waals surface area contributed by atoms with Gasteiger partial charge in [-0.05, 0) is 35.5 Å². The number of thioether (sulfide) groups is 1. The summed E-state index contributed by atoms with van der Waals surface area (Å²) in [5.74, 6) is 0.511. The predicted molar refractivity (Wildman–Crippen MR) is 73.4 cm³/mol. The lowest BCUT2D eigenvalue weighted by Gasteiger charge is -2.08. The van der Waals surface area contributed by atoms with E-state index in [1.807, 2.05) is 24.3 Å². The molecule has 1 heterocycles. The number of carbonyl (C=O) groups excluding carboxylic acids is 2. The fourth-order valence-electron chi connectivity index (χ4n) is 1.70. The van der Waals surface area contributed by atoms with Crippen LogP contribution < -0.4 is 10.5 Å². The van der Waals surface area contributed by atoms with Crippen LogP contribution in [0.2, 0.25) is 0 Å². The number of imide groups is 1. The Hall–Kier alpha value is -1.79. The Morgan fingerprint density at radius 1 is 1.32 bits per heavy atom. The molecule has 0 radical (unpaired) electrons. The molecule has 0 atom stereocenters. The van der Waals surface area contributed by atoms with Crippen LogP contribution in [-0.2, 0) is 4.79 Å². The molecular formula is C13H15N2O3S+. The molecule has 1 aromatic rings. The number of nitrogens with zero attached hydrogens (tertiary/aromatic N) is 1. The highest BCUT2D eigenvalue weighted by Gasteiger charge is 2.34. The van der Waals surface area contributed by atoms with Gasteiger partial charge in [0, 0.05) is 0 Å². The van der Waals surface area contributed by atoms with E-state index in [9.17, 15) is 9.59 Å². The molecule has 6 heteroatoms. The molecule has 1 aliphatic heterocycles. The zero-order valence-corrected chi connectivity index (χ0v) is 11.4. The van der Waals surface area contributed by atoms with Crippen LogP contribution in [0.15, 0.2) is 29.2 Å². The van der Waals surface area contributed by atoms with Crippen LogP contribution in [0.1, 0.15) is 5.56 Å². The van der Waals surface area contributed by atoms with Gasteiger partial charge in [-0.2, -0.15) is 0 Å². The molecule has 5 nitrogen and oxygen atoms in total. The fraction of sp³-hybridized carbons (Fsp3) is 0.231. The molecule has 3 N–H and O–H groups in total. The van der Waals surface area contributed by atoms with Crippen molar-refractivity contribution in [3.63, 3.8) is 0 Å². The van der Waals surface area contributed by atoms with Gasteiger partial charge in [-0.25, -0.2) is 0 Å². The van der Waals surface area contributed by atoms with E-state index in [1.54, 1.807) is 13.2 Å². The number of carbonyl (C=O) groups is 2. The number of quaternary nitrogens is 1. The number of methoxy groups -OCH3 is 1. The van der Waals surface area contributed by atoms with E-state index in [0.717, 1.165) is 23.1 Å². The van der Waals surface area contributed by atoms with Crippen LogP contribution in [0.5, 0.6) is 5.75 Å². The maximum Gasteiger partial charge on any atom is 0.293 e. The number of ether oxygens (including phenoxy) is 1. The first-order valence-electron chi connectivity index (χ1n) is 5.84. The molecule has 0 saturated carbocycles. The Balaban J connectivity index is 2.19. The largest absolute Gasteiger partial charge is 0.497 e. The third-order valence-corrected chi connectivity index (χ3v) is 3.58. The van der Waals surface area contributed by atoms with Crippen molar-refractivity contribution in [2.24, 2.45) is 0 Å². The van der Waals surface area contributed by atoms with E-state index < -0.39 is 0 Å². The standard InChI is InChI=1S/C13H14N2O3S/c1-18-10-4-2-9(3-5-10)8-11-12(16)15(7-6-14)13(17)19-11/h2-5,8H,6-7,14H2,1H3/p+1/b11-8-. The molecule has 1 aliphatic rings. The first-order valence-corrected chi connectivity index (χ1v) is 6.66. The number of hydrogen-bond donors (Lipinski definition) is 1. The van der Waals surface area contributed by atoms with E-state index in [1.165, 1.54) is 4.90 Å². The van der Waals surface area contributed by atoms with Crippen LogP contribution in [-0.4, -0.2) is 36.2 Å². The maximum atomic E-state index is 12.0. The number of rotatable bonds is 4. The smallest absolute Gasteiger partial charge is 0.293 e. The van der Waals surface area contributed by atoms with Crippen molar-refractivity contribution in [1.29, 1.82) is 0 Å². The number of benzene rings is 1. The normalized spacial score (nSPS) is 17.4.